The van der Waals surface area contributed by atoms with Crippen molar-refractivity contribution in [2.24, 2.45) is 0 Å². The molecule has 0 aliphatic heterocycles. The Labute approximate surface area is 92.9 Å². The van der Waals surface area contributed by atoms with E-state index in [-0.39, 0.29) is 0 Å². The molecule has 0 spiro atoms. The molecule has 0 bridgehead atoms. The van der Waals surface area contributed by atoms with Gasteiger partial charge in [0.25, 0.3) is 0 Å². The predicted octanol–water partition coefficient (Wildman–Crippen LogP) is -2.62. The van der Waals surface area contributed by atoms with Crippen LogP contribution >= 0.6 is 15.2 Å². The third kappa shape index (κ3) is 2.85. The molecular formula is C4H13NO7P2. The van der Waals surface area contributed by atoms with Gasteiger partial charge in [0.15, 0.2) is 7.60 Å². The fourth-order valence-corrected chi connectivity index (χ4v) is 2.14. The normalized spacial score (nSPS) is 34.8. The molecule has 0 aromatic heterocycles. The van der Waals surface area contributed by atoms with E-state index in [4.69, 9.17) is 27.1 Å². The summed E-state index contributed by atoms with van der Waals surface area (Å²) in [4.78, 5) is 37.7. The zero-order valence-electron chi connectivity index (χ0n) is 15.4. The summed E-state index contributed by atoms with van der Waals surface area (Å²) in [5.41, 5.74) is -3.20. The first-order chi connectivity index (χ1) is 9.50. The second-order valence-electron chi connectivity index (χ2n) is 2.06. The summed E-state index contributed by atoms with van der Waals surface area (Å²) in [6, 6.07) is 0. The molecule has 10 heteroatoms. The minimum Gasteiger partial charge on any atom is -0.776 e. The molecule has 0 aromatic carbocycles. The zero-order chi connectivity index (χ0) is 19.5. The second kappa shape index (κ2) is 4.38. The van der Waals surface area contributed by atoms with Crippen LogP contribution in [0, 0.1) is 0 Å². The zero-order valence-corrected chi connectivity index (χ0v) is 8.14. The molecule has 0 aliphatic rings. The number of aliphatic hydroxyl groups is 1. The molecule has 0 saturated carbocycles. The van der Waals surface area contributed by atoms with Crippen LogP contribution in [-0.2, 0) is 9.13 Å². The van der Waals surface area contributed by atoms with Gasteiger partial charge in [0.2, 0.25) is 5.08 Å². The number of quaternary nitrogens is 1. The molecule has 0 aromatic rings. The third-order valence-electron chi connectivity index (χ3n) is 1.09. The fourth-order valence-electron chi connectivity index (χ4n) is 0.420. The van der Waals surface area contributed by atoms with Crippen molar-refractivity contribution in [3.63, 3.8) is 0 Å². The monoisotopic (exact) mass is 258 g/mol. The van der Waals surface area contributed by atoms with Crippen molar-refractivity contribution in [1.29, 1.82) is 0 Å². The van der Waals surface area contributed by atoms with Crippen LogP contribution in [0.4, 0.5) is 0 Å². The van der Waals surface area contributed by atoms with Gasteiger partial charge in [-0.05, 0) is 0 Å². The van der Waals surface area contributed by atoms with Crippen molar-refractivity contribution in [2.75, 3.05) is 6.50 Å². The van der Waals surface area contributed by atoms with E-state index in [1.807, 2.05) is 0 Å². The van der Waals surface area contributed by atoms with Crippen LogP contribution in [0.15, 0.2) is 0 Å². The lowest BCUT2D eigenvalue weighted by Crippen LogP contribution is -2.50. The maximum Gasteiger partial charge on any atom is 0.365 e. The molecule has 0 amide bonds. The minimum absolute atomic E-state index is 3.20. The standard InChI is InChI=1S/C4H13NO7P2/c5-3-1-2-4(6,13(7,8)9)14(10,11)12/h6H,1-3,5H2,(H2,7,8,9)(H2,10,11,12)/i1D2,2D2,3D2/hD3. The van der Waals surface area contributed by atoms with Crippen molar-refractivity contribution < 1.29 is 52.0 Å². The summed E-state index contributed by atoms with van der Waals surface area (Å²) in [6.07, 6.45) is -9.31. The topological polar surface area (TPSA) is 166 Å². The maximum atomic E-state index is 11.2. The van der Waals surface area contributed by atoms with Crippen molar-refractivity contribution in [3.8, 4) is 0 Å². The number of hydrogen-bond donors (Lipinski definition) is 5. The quantitative estimate of drug-likeness (QED) is 0.325. The van der Waals surface area contributed by atoms with Gasteiger partial charge < -0.3 is 35.0 Å². The van der Waals surface area contributed by atoms with E-state index in [2.05, 4.69) is 0 Å². The fraction of sp³-hybridized carbons (Fsp3) is 1.00. The van der Waals surface area contributed by atoms with Gasteiger partial charge in [0.05, 0.1) is 9.24 Å². The molecule has 0 saturated heterocycles. The van der Waals surface area contributed by atoms with Crippen LogP contribution in [0.25, 0.3) is 0 Å². The van der Waals surface area contributed by atoms with Gasteiger partial charge in [-0.1, -0.05) is 0 Å². The van der Waals surface area contributed by atoms with Crippen LogP contribution < -0.4 is 10.6 Å². The Hall–Kier alpha value is 0.220. The molecule has 14 heavy (non-hydrogen) atoms. The molecular weight excluding hydrogens is 236 g/mol. The van der Waals surface area contributed by atoms with Gasteiger partial charge in [-0.3, -0.25) is 4.57 Å². The van der Waals surface area contributed by atoms with E-state index < -0.39 is 45.2 Å². The minimum atomic E-state index is -6.78. The molecule has 2 atom stereocenters. The maximum absolute atomic E-state index is 11.2. The van der Waals surface area contributed by atoms with Crippen molar-refractivity contribution in [3.05, 3.63) is 0 Å². The second-order valence-corrected chi connectivity index (χ2v) is 5.84. The van der Waals surface area contributed by atoms with Crippen LogP contribution in [0.1, 0.15) is 21.0 Å². The van der Waals surface area contributed by atoms with Crippen molar-refractivity contribution >= 4 is 15.2 Å². The Morgan fingerprint density at radius 1 is 1.50 bits per heavy atom. The first kappa shape index (κ1) is 5.03. The highest BCUT2D eigenvalue weighted by Gasteiger charge is 2.52. The molecule has 0 radical (unpaired) electrons. The van der Waals surface area contributed by atoms with Gasteiger partial charge >= 0.3 is 11.8 Å². The highest BCUT2D eigenvalue weighted by atomic mass is 31.2. The van der Waals surface area contributed by atoms with E-state index >= 15 is 0 Å². The van der Waals surface area contributed by atoms with Crippen LogP contribution in [0.3, 0.4) is 0 Å². The van der Waals surface area contributed by atoms with Crippen LogP contribution in [0.2, 0.25) is 4.24 Å². The van der Waals surface area contributed by atoms with E-state index in [0.29, 0.717) is 0 Å². The number of rotatable bonds is 6. The molecule has 0 rings (SSSR count). The first-order valence-electron chi connectivity index (χ1n) is 7.13. The summed E-state index contributed by atoms with van der Waals surface area (Å²) in [7, 11) is -13.4. The Kier molecular flexibility index (Phi) is 1.58. The van der Waals surface area contributed by atoms with Crippen molar-refractivity contribution in [1.82, 2.24) is 0 Å². The van der Waals surface area contributed by atoms with Crippen LogP contribution in [0.5, 0.6) is 0 Å². The first-order valence-corrected chi connectivity index (χ1v) is 5.98. The third-order valence-corrected chi connectivity index (χ3v) is 4.45. The highest BCUT2D eigenvalue weighted by molar-refractivity contribution is 7.71. The summed E-state index contributed by atoms with van der Waals surface area (Å²) in [5.74, 6) is 0. The summed E-state index contributed by atoms with van der Waals surface area (Å²) < 4.78 is 86.0. The molecule has 86 valence electrons. The average molecular weight is 258 g/mol. The number of hydrogen-bond acceptors (Lipinski definition) is 4. The molecule has 0 fully saturated rings. The molecule has 8 nitrogen and oxygen atoms in total. The van der Waals surface area contributed by atoms with Gasteiger partial charge in [0.1, 0.15) is 0 Å². The molecule has 0 aliphatic carbocycles. The van der Waals surface area contributed by atoms with E-state index in [1.165, 1.54) is 0 Å². The summed E-state index contributed by atoms with van der Waals surface area (Å²) in [6.45, 7) is -4.27. The summed E-state index contributed by atoms with van der Waals surface area (Å²) in [5, 5.41) is 4.48. The van der Waals surface area contributed by atoms with E-state index in [0.717, 1.165) is 0 Å². The lowest BCUT2D eigenvalue weighted by atomic mass is 10.3. The predicted molar refractivity (Wildman–Crippen MR) is 43.8 cm³/mol. The van der Waals surface area contributed by atoms with Crippen LogP contribution in [-0.4, -0.2) is 31.4 Å². The smallest absolute Gasteiger partial charge is 0.365 e. The Morgan fingerprint density at radius 2 is 2.00 bits per heavy atom. The molecule has 7 N–H and O–H groups in total. The van der Waals surface area contributed by atoms with Gasteiger partial charge in [-0.15, -0.1) is 0 Å². The lowest BCUT2D eigenvalue weighted by molar-refractivity contribution is -0.369. The SMILES string of the molecule is [2H]C([2H])(C([2H])([2H])C(O)(P(=O)([O-])O)P(=O)(O)O)C([2H])([2H])[N+]([2H])([2H])[2H]. The lowest BCUT2D eigenvalue weighted by Gasteiger charge is -2.35. The van der Waals surface area contributed by atoms with Crippen molar-refractivity contribution in [2.45, 2.75) is 17.8 Å². The molecule has 2 unspecified atom stereocenters. The Bertz CT molecular complexity index is 541. The van der Waals surface area contributed by atoms with E-state index in [9.17, 15) is 19.1 Å². The van der Waals surface area contributed by atoms with Gasteiger partial charge in [-0.25, -0.2) is 0 Å². The Balaban J connectivity index is 6.77. The summed E-state index contributed by atoms with van der Waals surface area (Å²) >= 11 is 0. The average Bonchev–Trinajstić information content (AvgIpc) is 2.22. The van der Waals surface area contributed by atoms with E-state index in [1.54, 1.807) is 0 Å². The molecule has 0 heterocycles. The largest absolute Gasteiger partial charge is 0.776 e. The van der Waals surface area contributed by atoms with Gasteiger partial charge in [0, 0.05) is 18.2 Å². The van der Waals surface area contributed by atoms with Gasteiger partial charge in [-0.2, -0.15) is 0 Å². The Morgan fingerprint density at radius 3 is 2.29 bits per heavy atom. The highest BCUT2D eigenvalue weighted by Crippen LogP contribution is 2.67.